The van der Waals surface area contributed by atoms with Crippen molar-refractivity contribution in [3.05, 3.63) is 29.8 Å². The molecule has 0 aliphatic heterocycles. The highest BCUT2D eigenvalue weighted by molar-refractivity contribution is 5.25. The first-order chi connectivity index (χ1) is 4.83. The number of hydrogen-bond acceptors (Lipinski definition) is 3. The van der Waals surface area contributed by atoms with Crippen molar-refractivity contribution < 1.29 is 5.11 Å². The van der Waals surface area contributed by atoms with Crippen LogP contribution in [-0.4, -0.2) is 5.11 Å². The van der Waals surface area contributed by atoms with E-state index < -0.39 is 0 Å². The molecule has 3 heteroatoms. The summed E-state index contributed by atoms with van der Waals surface area (Å²) in [5.74, 6) is 0.244. The van der Waals surface area contributed by atoms with Crippen molar-refractivity contribution in [1.29, 1.82) is 5.53 Å². The van der Waals surface area contributed by atoms with Crippen molar-refractivity contribution >= 4 is 0 Å². The van der Waals surface area contributed by atoms with E-state index in [0.717, 1.165) is 5.56 Å². The maximum Gasteiger partial charge on any atom is 0.115 e. The van der Waals surface area contributed by atoms with E-state index in [2.05, 4.69) is 5.11 Å². The average Bonchev–Trinajstić information content (AvgIpc) is 1.95. The number of phenols is 1. The molecule has 0 saturated carbocycles. The summed E-state index contributed by atoms with van der Waals surface area (Å²) in [5.41, 5.74) is 7.49. The van der Waals surface area contributed by atoms with E-state index in [-0.39, 0.29) is 5.75 Å². The highest BCUT2D eigenvalue weighted by Crippen LogP contribution is 2.09. The lowest BCUT2D eigenvalue weighted by atomic mass is 10.2. The number of aromatic hydroxyl groups is 1. The maximum atomic E-state index is 8.85. The Bertz CT molecular complexity index is 218. The van der Waals surface area contributed by atoms with Gasteiger partial charge in [-0.15, -0.1) is 0 Å². The molecule has 3 nitrogen and oxygen atoms in total. The molecule has 0 bridgehead atoms. The zero-order valence-electron chi connectivity index (χ0n) is 5.41. The Hall–Kier alpha value is -1.38. The van der Waals surface area contributed by atoms with Gasteiger partial charge in [0.05, 0.1) is 6.54 Å². The molecule has 0 saturated heterocycles. The molecule has 0 unspecified atom stereocenters. The summed E-state index contributed by atoms with van der Waals surface area (Å²) < 4.78 is 0. The van der Waals surface area contributed by atoms with Crippen molar-refractivity contribution in [2.75, 3.05) is 0 Å². The minimum atomic E-state index is 0.244. The second-order valence-corrected chi connectivity index (χ2v) is 1.98. The Morgan fingerprint density at radius 3 is 2.40 bits per heavy atom. The molecule has 0 fully saturated rings. The van der Waals surface area contributed by atoms with Crippen LogP contribution < -0.4 is 0 Å². The fraction of sp³-hybridized carbons (Fsp3) is 0.143. The molecular weight excluding hydrogens is 128 g/mol. The van der Waals surface area contributed by atoms with Crippen LogP contribution >= 0.6 is 0 Å². The van der Waals surface area contributed by atoms with Crippen molar-refractivity contribution in [2.24, 2.45) is 5.11 Å². The van der Waals surface area contributed by atoms with Crippen LogP contribution in [0.1, 0.15) is 5.56 Å². The third kappa shape index (κ3) is 1.55. The first-order valence-electron chi connectivity index (χ1n) is 2.94. The normalized spacial score (nSPS) is 9.20. The predicted octanol–water partition coefficient (Wildman–Crippen LogP) is 1.92. The van der Waals surface area contributed by atoms with Crippen LogP contribution in [0, 0.1) is 5.53 Å². The van der Waals surface area contributed by atoms with E-state index in [1.54, 1.807) is 24.3 Å². The number of nitrogens with one attached hydrogen (secondary N) is 1. The van der Waals surface area contributed by atoms with Crippen molar-refractivity contribution in [2.45, 2.75) is 6.54 Å². The summed E-state index contributed by atoms with van der Waals surface area (Å²) in [6.45, 7) is 0.389. The van der Waals surface area contributed by atoms with Gasteiger partial charge in [0.15, 0.2) is 0 Å². The summed E-state index contributed by atoms with van der Waals surface area (Å²) in [5, 5.41) is 12.1. The van der Waals surface area contributed by atoms with Gasteiger partial charge in [-0.1, -0.05) is 12.1 Å². The van der Waals surface area contributed by atoms with Crippen LogP contribution in [0.4, 0.5) is 0 Å². The van der Waals surface area contributed by atoms with E-state index in [9.17, 15) is 0 Å². The van der Waals surface area contributed by atoms with Gasteiger partial charge in [0, 0.05) is 0 Å². The fourth-order valence-corrected chi connectivity index (χ4v) is 0.693. The molecule has 10 heavy (non-hydrogen) atoms. The molecule has 0 spiro atoms. The maximum absolute atomic E-state index is 8.85. The first kappa shape index (κ1) is 6.74. The molecule has 0 heterocycles. The zero-order chi connectivity index (χ0) is 7.40. The van der Waals surface area contributed by atoms with Crippen LogP contribution in [0.5, 0.6) is 5.75 Å². The fourth-order valence-electron chi connectivity index (χ4n) is 0.693. The Labute approximate surface area is 58.8 Å². The monoisotopic (exact) mass is 136 g/mol. The quantitative estimate of drug-likeness (QED) is 0.599. The second-order valence-electron chi connectivity index (χ2n) is 1.98. The number of hydrogen-bond donors (Lipinski definition) is 2. The van der Waals surface area contributed by atoms with Crippen molar-refractivity contribution in [1.82, 2.24) is 0 Å². The smallest absolute Gasteiger partial charge is 0.115 e. The second kappa shape index (κ2) is 2.96. The molecule has 1 aromatic rings. The third-order valence-electron chi connectivity index (χ3n) is 1.20. The van der Waals surface area contributed by atoms with Gasteiger partial charge in [-0.05, 0) is 17.7 Å². The van der Waals surface area contributed by atoms with Crippen LogP contribution in [0.25, 0.3) is 0 Å². The van der Waals surface area contributed by atoms with Crippen molar-refractivity contribution in [3.8, 4) is 5.75 Å². The van der Waals surface area contributed by atoms with Gasteiger partial charge in [-0.2, -0.15) is 5.11 Å². The molecule has 1 aromatic carbocycles. The van der Waals surface area contributed by atoms with Crippen molar-refractivity contribution in [3.63, 3.8) is 0 Å². The predicted molar refractivity (Wildman–Crippen MR) is 37.0 cm³/mol. The largest absolute Gasteiger partial charge is 0.508 e. The lowest BCUT2D eigenvalue weighted by Crippen LogP contribution is -1.76. The van der Waals surface area contributed by atoms with Gasteiger partial charge in [-0.25, -0.2) is 5.53 Å². The SMILES string of the molecule is N=NCc1ccc(O)cc1. The standard InChI is InChI=1S/C7H8N2O/c8-9-5-6-1-3-7(10)4-2-6/h1-4,8,10H,5H2. The third-order valence-corrected chi connectivity index (χ3v) is 1.20. The Kier molecular flexibility index (Phi) is 1.99. The van der Waals surface area contributed by atoms with E-state index in [0.29, 0.717) is 6.54 Å². The average molecular weight is 136 g/mol. The summed E-state index contributed by atoms with van der Waals surface area (Å²) >= 11 is 0. The minimum absolute atomic E-state index is 0.244. The Balaban J connectivity index is 2.78. The molecule has 0 aliphatic carbocycles. The number of rotatable bonds is 2. The lowest BCUT2D eigenvalue weighted by molar-refractivity contribution is 0.475. The number of nitrogens with zero attached hydrogens (tertiary/aromatic N) is 1. The summed E-state index contributed by atoms with van der Waals surface area (Å²) in [6.07, 6.45) is 0. The zero-order valence-corrected chi connectivity index (χ0v) is 5.41. The van der Waals surface area contributed by atoms with Gasteiger partial charge < -0.3 is 5.11 Å². The van der Waals surface area contributed by atoms with E-state index in [4.69, 9.17) is 10.6 Å². The molecular formula is C7H8N2O. The Morgan fingerprint density at radius 1 is 1.30 bits per heavy atom. The van der Waals surface area contributed by atoms with E-state index in [1.807, 2.05) is 0 Å². The van der Waals surface area contributed by atoms with Gasteiger partial charge in [0.25, 0.3) is 0 Å². The summed E-state index contributed by atoms with van der Waals surface area (Å²) in [7, 11) is 0. The van der Waals surface area contributed by atoms with Crippen LogP contribution in [-0.2, 0) is 6.54 Å². The molecule has 52 valence electrons. The molecule has 0 aliphatic rings. The number of phenolic OH excluding ortho intramolecular Hbond substituents is 1. The molecule has 1 rings (SSSR count). The molecule has 0 atom stereocenters. The van der Waals surface area contributed by atoms with Gasteiger partial charge in [0.2, 0.25) is 0 Å². The van der Waals surface area contributed by atoms with Crippen LogP contribution in [0.2, 0.25) is 0 Å². The summed E-state index contributed by atoms with van der Waals surface area (Å²) in [4.78, 5) is 0. The van der Waals surface area contributed by atoms with Gasteiger partial charge in [-0.3, -0.25) is 0 Å². The minimum Gasteiger partial charge on any atom is -0.508 e. The highest BCUT2D eigenvalue weighted by atomic mass is 16.3. The van der Waals surface area contributed by atoms with E-state index >= 15 is 0 Å². The molecule has 0 amide bonds. The number of benzene rings is 1. The van der Waals surface area contributed by atoms with E-state index in [1.165, 1.54) is 0 Å². The lowest BCUT2D eigenvalue weighted by Gasteiger charge is -1.93. The van der Waals surface area contributed by atoms with Gasteiger partial charge in [0.1, 0.15) is 5.75 Å². The first-order valence-corrected chi connectivity index (χ1v) is 2.94. The molecule has 2 N–H and O–H groups in total. The Morgan fingerprint density at radius 2 is 1.90 bits per heavy atom. The molecule has 0 aromatic heterocycles. The topological polar surface area (TPSA) is 56.4 Å². The molecule has 0 radical (unpaired) electrons. The highest BCUT2D eigenvalue weighted by Gasteiger charge is 1.89. The summed E-state index contributed by atoms with van der Waals surface area (Å²) in [6, 6.07) is 6.65. The van der Waals surface area contributed by atoms with Gasteiger partial charge >= 0.3 is 0 Å². The van der Waals surface area contributed by atoms with Crippen LogP contribution in [0.3, 0.4) is 0 Å². The van der Waals surface area contributed by atoms with Crippen LogP contribution in [0.15, 0.2) is 29.4 Å².